The average Bonchev–Trinajstić information content (AvgIpc) is 3.40. The minimum atomic E-state index is -1.21. The average molecular weight is 490 g/mol. The number of hydrogen-bond acceptors (Lipinski definition) is 9. The zero-order valence-corrected chi connectivity index (χ0v) is 19.1. The van der Waals surface area contributed by atoms with Crippen LogP contribution >= 0.6 is 11.8 Å². The molecule has 2 aliphatic rings. The lowest BCUT2D eigenvalue weighted by molar-refractivity contribution is -0.152. The summed E-state index contributed by atoms with van der Waals surface area (Å²) in [5, 5.41) is 27.7. The van der Waals surface area contributed by atoms with E-state index in [4.69, 9.17) is 9.84 Å². The van der Waals surface area contributed by atoms with Crippen LogP contribution in [-0.4, -0.2) is 83.7 Å². The first-order valence-electron chi connectivity index (χ1n) is 10.4. The normalized spacial score (nSPS) is 23.5. The third-order valence-electron chi connectivity index (χ3n) is 5.50. The molecule has 1 aromatic carbocycles. The van der Waals surface area contributed by atoms with Crippen LogP contribution in [0.1, 0.15) is 37.3 Å². The molecular weight excluding hydrogens is 466 g/mol. The molecule has 2 fully saturated rings. The van der Waals surface area contributed by atoms with Crippen LogP contribution < -0.4 is 10.6 Å². The Kier molecular flexibility index (Phi) is 6.52. The van der Waals surface area contributed by atoms with Gasteiger partial charge in [0.25, 0.3) is 0 Å². The van der Waals surface area contributed by atoms with Gasteiger partial charge in [0, 0.05) is 4.75 Å². The van der Waals surface area contributed by atoms with Crippen molar-refractivity contribution in [1.82, 2.24) is 36.2 Å². The molecule has 34 heavy (non-hydrogen) atoms. The Labute approximate surface area is 198 Å². The van der Waals surface area contributed by atoms with Gasteiger partial charge in [-0.1, -0.05) is 35.5 Å². The van der Waals surface area contributed by atoms with E-state index >= 15 is 0 Å². The van der Waals surface area contributed by atoms with E-state index in [2.05, 4.69) is 31.3 Å². The summed E-state index contributed by atoms with van der Waals surface area (Å²) in [4.78, 5) is 50.7. The predicted octanol–water partition coefficient (Wildman–Crippen LogP) is -0.622. The fourth-order valence-electron chi connectivity index (χ4n) is 4.07. The number of thioether (sulfide) groups is 1. The molecule has 3 amide bonds. The minimum Gasteiger partial charge on any atom is -0.480 e. The van der Waals surface area contributed by atoms with Crippen LogP contribution in [0.4, 0.5) is 0 Å². The number of amides is 3. The molecule has 2 aliphatic heterocycles. The van der Waals surface area contributed by atoms with E-state index in [1.165, 1.54) is 11.8 Å². The van der Waals surface area contributed by atoms with Crippen molar-refractivity contribution in [3.8, 4) is 0 Å². The number of aliphatic carboxylic acids is 1. The van der Waals surface area contributed by atoms with Crippen LogP contribution in [0.25, 0.3) is 0 Å². The van der Waals surface area contributed by atoms with Gasteiger partial charge in [0.1, 0.15) is 36.7 Å². The number of carboxylic acids is 1. The van der Waals surface area contributed by atoms with Gasteiger partial charge in [0.15, 0.2) is 5.82 Å². The van der Waals surface area contributed by atoms with Crippen molar-refractivity contribution in [1.29, 1.82) is 0 Å². The summed E-state index contributed by atoms with van der Waals surface area (Å²) in [6.45, 7) is 2.76. The molecule has 1 aromatic heterocycles. The number of ether oxygens (including phenoxy) is 1. The van der Waals surface area contributed by atoms with Crippen molar-refractivity contribution in [2.75, 3.05) is 13.2 Å². The Hall–Kier alpha value is -3.52. The van der Waals surface area contributed by atoms with E-state index in [1.54, 1.807) is 35.2 Å². The maximum atomic E-state index is 13.2. The van der Waals surface area contributed by atoms with Gasteiger partial charge in [-0.25, -0.2) is 4.79 Å². The zero-order valence-electron chi connectivity index (χ0n) is 18.3. The number of aromatic amines is 1. The number of nitrogens with zero attached hydrogens (tertiary/aromatic N) is 4. The van der Waals surface area contributed by atoms with Crippen LogP contribution in [0.5, 0.6) is 0 Å². The van der Waals surface area contributed by atoms with E-state index in [-0.39, 0.29) is 11.3 Å². The van der Waals surface area contributed by atoms with Gasteiger partial charge < -0.3 is 25.4 Å². The van der Waals surface area contributed by atoms with Crippen molar-refractivity contribution in [3.63, 3.8) is 0 Å². The fourth-order valence-corrected chi connectivity index (χ4v) is 5.70. The Morgan fingerprint density at radius 1 is 1.26 bits per heavy atom. The van der Waals surface area contributed by atoms with Gasteiger partial charge in [-0.05, 0) is 19.4 Å². The van der Waals surface area contributed by atoms with Crippen molar-refractivity contribution >= 4 is 35.5 Å². The number of hydrogen-bond donors (Lipinski definition) is 4. The molecule has 13 nitrogen and oxygen atoms in total. The highest BCUT2D eigenvalue weighted by Crippen LogP contribution is 2.56. The third-order valence-corrected chi connectivity index (χ3v) is 7.08. The Morgan fingerprint density at radius 3 is 2.65 bits per heavy atom. The molecule has 2 saturated heterocycles. The molecule has 0 spiro atoms. The number of β-lactam (4-membered cyclic amide) rings is 1. The highest BCUT2D eigenvalue weighted by Gasteiger charge is 2.63. The van der Waals surface area contributed by atoms with Crippen LogP contribution in [0, 0.1) is 0 Å². The third kappa shape index (κ3) is 4.59. The molecule has 0 saturated carbocycles. The quantitative estimate of drug-likeness (QED) is 0.332. The SMILES string of the molecule is CC1(C)S[C@@H]2C(NC(=O)C(NC(=O)COCC(=O)O)c3ccccc3)C(=O)N2C1c1nn[nH]n1. The first-order chi connectivity index (χ1) is 16.2. The summed E-state index contributed by atoms with van der Waals surface area (Å²) < 4.78 is 4.39. The number of tetrazole rings is 1. The van der Waals surface area contributed by atoms with Gasteiger partial charge in [-0.2, -0.15) is 5.21 Å². The monoisotopic (exact) mass is 489 g/mol. The van der Waals surface area contributed by atoms with E-state index in [9.17, 15) is 19.2 Å². The molecule has 180 valence electrons. The number of nitrogens with one attached hydrogen (secondary N) is 3. The van der Waals surface area contributed by atoms with E-state index in [0.717, 1.165) is 0 Å². The number of benzene rings is 1. The highest BCUT2D eigenvalue weighted by atomic mass is 32.2. The second-order valence-corrected chi connectivity index (χ2v) is 10.1. The Morgan fingerprint density at radius 2 is 2.00 bits per heavy atom. The van der Waals surface area contributed by atoms with Crippen molar-refractivity contribution in [2.45, 2.75) is 42.1 Å². The van der Waals surface area contributed by atoms with Crippen LogP contribution in [0.3, 0.4) is 0 Å². The zero-order chi connectivity index (χ0) is 24.5. The van der Waals surface area contributed by atoms with E-state index in [0.29, 0.717) is 11.4 Å². The summed E-state index contributed by atoms with van der Waals surface area (Å²) in [6.07, 6.45) is 0. The smallest absolute Gasteiger partial charge is 0.329 e. The number of H-pyrrole nitrogens is 1. The first-order valence-corrected chi connectivity index (χ1v) is 11.2. The number of carbonyl (C=O) groups is 4. The van der Waals surface area contributed by atoms with Crippen LogP contribution in [-0.2, 0) is 23.9 Å². The van der Waals surface area contributed by atoms with Crippen molar-refractivity contribution in [2.24, 2.45) is 0 Å². The van der Waals surface area contributed by atoms with E-state index in [1.807, 2.05) is 13.8 Å². The lowest BCUT2D eigenvalue weighted by Gasteiger charge is -2.44. The lowest BCUT2D eigenvalue weighted by Crippen LogP contribution is -2.68. The molecule has 3 unspecified atom stereocenters. The molecule has 3 heterocycles. The van der Waals surface area contributed by atoms with E-state index < -0.39 is 53.9 Å². The lowest BCUT2D eigenvalue weighted by atomic mass is 9.95. The molecule has 4 rings (SSSR count). The summed E-state index contributed by atoms with van der Waals surface area (Å²) >= 11 is 1.52. The van der Waals surface area contributed by atoms with Crippen LogP contribution in [0.15, 0.2) is 30.3 Å². The fraction of sp³-hybridized carbons (Fsp3) is 0.450. The molecule has 4 atom stereocenters. The van der Waals surface area contributed by atoms with Crippen molar-refractivity contribution < 1.29 is 29.0 Å². The number of carboxylic acid groups (broad SMARTS) is 1. The molecule has 14 heteroatoms. The summed E-state index contributed by atoms with van der Waals surface area (Å²) in [6, 6.07) is 6.22. The first kappa shape index (κ1) is 23.6. The maximum absolute atomic E-state index is 13.2. The summed E-state index contributed by atoms with van der Waals surface area (Å²) in [5.74, 6) is -2.34. The Balaban J connectivity index is 1.46. The minimum absolute atomic E-state index is 0.283. The number of fused-ring (bicyclic) bond motifs is 1. The highest BCUT2D eigenvalue weighted by molar-refractivity contribution is 8.01. The maximum Gasteiger partial charge on any atom is 0.329 e. The molecule has 2 aromatic rings. The standard InChI is InChI=1S/C20H23N7O6S/c1-20(2)15(16-23-25-26-24-16)27-18(32)14(19(27)34-20)22-17(31)13(10-6-4-3-5-7-10)21-11(28)8-33-9-12(29)30/h3-7,13-15,19H,8-9H2,1-2H3,(H,21,28)(H,22,31)(H,29,30)(H,23,24,25,26)/t13?,14?,15?,19-/m1/s1. The molecule has 0 bridgehead atoms. The van der Waals surface area contributed by atoms with Gasteiger partial charge in [-0.3, -0.25) is 14.4 Å². The summed E-state index contributed by atoms with van der Waals surface area (Å²) in [5.41, 5.74) is 0.499. The van der Waals surface area contributed by atoms with Crippen LogP contribution in [0.2, 0.25) is 0 Å². The second kappa shape index (κ2) is 9.38. The molecule has 0 radical (unpaired) electrons. The summed E-state index contributed by atoms with van der Waals surface area (Å²) in [7, 11) is 0. The largest absolute Gasteiger partial charge is 0.480 e. The Bertz CT molecular complexity index is 1080. The van der Waals surface area contributed by atoms with Gasteiger partial charge in [-0.15, -0.1) is 22.0 Å². The van der Waals surface area contributed by atoms with Gasteiger partial charge in [0.2, 0.25) is 17.7 Å². The van der Waals surface area contributed by atoms with Gasteiger partial charge >= 0.3 is 5.97 Å². The molecular formula is C20H23N7O6S. The molecule has 4 N–H and O–H groups in total. The number of carbonyl (C=O) groups excluding carboxylic acids is 3. The van der Waals surface area contributed by atoms with Gasteiger partial charge in [0.05, 0.1) is 0 Å². The second-order valence-electron chi connectivity index (χ2n) is 8.31. The number of rotatable bonds is 9. The molecule has 0 aliphatic carbocycles. The van der Waals surface area contributed by atoms with Crippen molar-refractivity contribution in [3.05, 3.63) is 41.7 Å². The topological polar surface area (TPSA) is 180 Å². The number of aromatic nitrogens is 4. The predicted molar refractivity (Wildman–Crippen MR) is 117 cm³/mol.